The minimum atomic E-state index is -0.652. The van der Waals surface area contributed by atoms with Crippen molar-refractivity contribution in [2.45, 2.75) is 13.5 Å². The minimum Gasteiger partial charge on any atom is -0.399 e. The zero-order chi connectivity index (χ0) is 13.1. The molecule has 18 heavy (non-hydrogen) atoms. The number of anilines is 1. The quantitative estimate of drug-likeness (QED) is 0.810. The fraction of sp³-hybridized carbons (Fsp3) is 0.167. The van der Waals surface area contributed by atoms with Gasteiger partial charge >= 0.3 is 0 Å². The number of nitrogens with zero attached hydrogens (tertiary/aromatic N) is 1. The Kier molecular flexibility index (Phi) is 3.27. The molecule has 0 saturated carbocycles. The summed E-state index contributed by atoms with van der Waals surface area (Å²) in [7, 11) is 0. The van der Waals surface area contributed by atoms with Crippen LogP contribution < -0.4 is 11.1 Å². The average molecular weight is 249 g/mol. The Hall–Kier alpha value is -2.37. The van der Waals surface area contributed by atoms with Crippen molar-refractivity contribution in [2.75, 3.05) is 5.73 Å². The zero-order valence-corrected chi connectivity index (χ0v) is 9.74. The van der Waals surface area contributed by atoms with Crippen molar-refractivity contribution in [1.29, 1.82) is 0 Å². The van der Waals surface area contributed by atoms with Gasteiger partial charge in [-0.1, -0.05) is 5.16 Å². The third kappa shape index (κ3) is 2.65. The molecule has 0 fully saturated rings. The van der Waals surface area contributed by atoms with Crippen molar-refractivity contribution >= 4 is 11.6 Å². The van der Waals surface area contributed by atoms with Gasteiger partial charge in [-0.3, -0.25) is 4.79 Å². The third-order valence-electron chi connectivity index (χ3n) is 2.34. The number of hydrogen-bond donors (Lipinski definition) is 2. The van der Waals surface area contributed by atoms with Gasteiger partial charge in [0.15, 0.2) is 5.76 Å². The second-order valence-electron chi connectivity index (χ2n) is 3.86. The Bertz CT molecular complexity index is 580. The number of carbonyl (C=O) groups excluding carboxylic acids is 1. The summed E-state index contributed by atoms with van der Waals surface area (Å²) in [6.07, 6.45) is 0. The minimum absolute atomic E-state index is 0.0552. The van der Waals surface area contributed by atoms with Crippen LogP contribution in [0.3, 0.4) is 0 Å². The van der Waals surface area contributed by atoms with E-state index in [-0.39, 0.29) is 17.8 Å². The predicted octanol–water partition coefficient (Wildman–Crippen LogP) is 1.63. The number of amides is 1. The van der Waals surface area contributed by atoms with E-state index >= 15 is 0 Å². The summed E-state index contributed by atoms with van der Waals surface area (Å²) in [5.41, 5.74) is 6.34. The zero-order valence-electron chi connectivity index (χ0n) is 9.74. The standard InChI is InChI=1S/C12H12FN3O2/c1-7-4-9(18-16-7)6-15-12(17)10-3-2-8(14)5-11(10)13/h2-5H,6,14H2,1H3,(H,15,17). The van der Waals surface area contributed by atoms with Crippen LogP contribution >= 0.6 is 0 Å². The molecule has 0 atom stereocenters. The SMILES string of the molecule is Cc1cc(CNC(=O)c2ccc(N)cc2F)on1. The van der Waals surface area contributed by atoms with Crippen molar-refractivity contribution in [1.82, 2.24) is 10.5 Å². The lowest BCUT2D eigenvalue weighted by atomic mass is 10.2. The molecule has 1 heterocycles. The molecule has 0 radical (unpaired) electrons. The molecule has 0 aliphatic heterocycles. The van der Waals surface area contributed by atoms with Gasteiger partial charge in [-0.05, 0) is 25.1 Å². The van der Waals surface area contributed by atoms with Crippen LogP contribution in [0.5, 0.6) is 0 Å². The second-order valence-corrected chi connectivity index (χ2v) is 3.86. The number of hydrogen-bond acceptors (Lipinski definition) is 4. The van der Waals surface area contributed by atoms with Crippen LogP contribution in [0.4, 0.5) is 10.1 Å². The molecule has 94 valence electrons. The van der Waals surface area contributed by atoms with Gasteiger partial charge in [0.2, 0.25) is 0 Å². The van der Waals surface area contributed by atoms with E-state index in [9.17, 15) is 9.18 Å². The lowest BCUT2D eigenvalue weighted by Gasteiger charge is -2.04. The number of nitrogen functional groups attached to an aromatic ring is 1. The number of rotatable bonds is 3. The monoisotopic (exact) mass is 249 g/mol. The second kappa shape index (κ2) is 4.87. The van der Waals surface area contributed by atoms with Gasteiger partial charge in [0, 0.05) is 11.8 Å². The summed E-state index contributed by atoms with van der Waals surface area (Å²) in [4.78, 5) is 11.7. The van der Waals surface area contributed by atoms with Crippen LogP contribution in [0.1, 0.15) is 21.8 Å². The fourth-order valence-corrected chi connectivity index (χ4v) is 1.48. The van der Waals surface area contributed by atoms with Crippen molar-refractivity contribution in [3.05, 3.63) is 47.1 Å². The first kappa shape index (κ1) is 12.1. The molecular weight excluding hydrogens is 237 g/mol. The van der Waals surface area contributed by atoms with Crippen LogP contribution in [0, 0.1) is 12.7 Å². The van der Waals surface area contributed by atoms with Crippen molar-refractivity contribution in [3.8, 4) is 0 Å². The van der Waals surface area contributed by atoms with Gasteiger partial charge in [-0.25, -0.2) is 4.39 Å². The molecule has 1 amide bonds. The molecule has 2 aromatic rings. The number of aryl methyl sites for hydroxylation is 1. The van der Waals surface area contributed by atoms with Crippen LogP contribution in [-0.2, 0) is 6.54 Å². The molecule has 5 nitrogen and oxygen atoms in total. The highest BCUT2D eigenvalue weighted by Crippen LogP contribution is 2.12. The number of aromatic nitrogens is 1. The molecule has 6 heteroatoms. The number of benzene rings is 1. The average Bonchev–Trinajstić information content (AvgIpc) is 2.72. The van der Waals surface area contributed by atoms with E-state index in [4.69, 9.17) is 10.3 Å². The number of nitrogens with one attached hydrogen (secondary N) is 1. The van der Waals surface area contributed by atoms with Gasteiger partial charge in [-0.15, -0.1) is 0 Å². The Morgan fingerprint density at radius 1 is 1.50 bits per heavy atom. The summed E-state index contributed by atoms with van der Waals surface area (Å²) in [5.74, 6) is -0.667. The normalized spacial score (nSPS) is 10.3. The Balaban J connectivity index is 2.03. The maximum absolute atomic E-state index is 13.5. The van der Waals surface area contributed by atoms with Crippen molar-refractivity contribution in [2.24, 2.45) is 0 Å². The first-order valence-corrected chi connectivity index (χ1v) is 5.31. The Morgan fingerprint density at radius 2 is 2.28 bits per heavy atom. The highest BCUT2D eigenvalue weighted by molar-refractivity contribution is 5.94. The highest BCUT2D eigenvalue weighted by Gasteiger charge is 2.12. The molecule has 0 aliphatic carbocycles. The Labute approximate surface area is 103 Å². The van der Waals surface area contributed by atoms with Gasteiger partial charge in [0.05, 0.1) is 17.8 Å². The lowest BCUT2D eigenvalue weighted by Crippen LogP contribution is -2.23. The molecule has 0 unspecified atom stereocenters. The molecule has 1 aromatic heterocycles. The first-order valence-electron chi connectivity index (χ1n) is 5.31. The smallest absolute Gasteiger partial charge is 0.254 e. The maximum Gasteiger partial charge on any atom is 0.254 e. The van der Waals surface area contributed by atoms with E-state index in [0.29, 0.717) is 5.76 Å². The molecule has 2 rings (SSSR count). The molecule has 3 N–H and O–H groups in total. The first-order chi connectivity index (χ1) is 8.56. The van der Waals surface area contributed by atoms with Gasteiger partial charge in [-0.2, -0.15) is 0 Å². The topological polar surface area (TPSA) is 81.2 Å². The van der Waals surface area contributed by atoms with E-state index in [1.807, 2.05) is 0 Å². The fourth-order valence-electron chi connectivity index (χ4n) is 1.48. The molecule has 1 aromatic carbocycles. The third-order valence-corrected chi connectivity index (χ3v) is 2.34. The molecule has 0 spiro atoms. The highest BCUT2D eigenvalue weighted by atomic mass is 19.1. The lowest BCUT2D eigenvalue weighted by molar-refractivity contribution is 0.0943. The van der Waals surface area contributed by atoms with Gasteiger partial charge in [0.25, 0.3) is 5.91 Å². The van der Waals surface area contributed by atoms with Crippen molar-refractivity contribution in [3.63, 3.8) is 0 Å². The van der Waals surface area contributed by atoms with E-state index in [1.54, 1.807) is 13.0 Å². The number of carbonyl (C=O) groups is 1. The van der Waals surface area contributed by atoms with E-state index in [1.165, 1.54) is 12.1 Å². The number of nitrogens with two attached hydrogens (primary N) is 1. The summed E-state index contributed by atoms with van der Waals surface area (Å²) < 4.78 is 18.4. The largest absolute Gasteiger partial charge is 0.399 e. The maximum atomic E-state index is 13.5. The van der Waals surface area contributed by atoms with Gasteiger partial charge < -0.3 is 15.6 Å². The van der Waals surface area contributed by atoms with Gasteiger partial charge in [0.1, 0.15) is 5.82 Å². The molecule has 0 saturated heterocycles. The van der Waals surface area contributed by atoms with E-state index in [2.05, 4.69) is 10.5 Å². The van der Waals surface area contributed by atoms with E-state index in [0.717, 1.165) is 11.8 Å². The molecule has 0 aliphatic rings. The Morgan fingerprint density at radius 3 is 2.89 bits per heavy atom. The van der Waals surface area contributed by atoms with Crippen LogP contribution in [0.15, 0.2) is 28.8 Å². The summed E-state index contributed by atoms with van der Waals surface area (Å²) in [5, 5.41) is 6.21. The van der Waals surface area contributed by atoms with Crippen molar-refractivity contribution < 1.29 is 13.7 Å². The van der Waals surface area contributed by atoms with Crippen LogP contribution in [-0.4, -0.2) is 11.1 Å². The number of halogens is 1. The predicted molar refractivity (Wildman–Crippen MR) is 63.2 cm³/mol. The van der Waals surface area contributed by atoms with Crippen LogP contribution in [0.2, 0.25) is 0 Å². The summed E-state index contributed by atoms with van der Waals surface area (Å²) >= 11 is 0. The van der Waals surface area contributed by atoms with E-state index < -0.39 is 11.7 Å². The molecular formula is C12H12FN3O2. The summed E-state index contributed by atoms with van der Waals surface area (Å²) in [6, 6.07) is 5.61. The van der Waals surface area contributed by atoms with Crippen LogP contribution in [0.25, 0.3) is 0 Å². The molecule has 0 bridgehead atoms. The summed E-state index contributed by atoms with van der Waals surface area (Å²) in [6.45, 7) is 1.93.